The highest BCUT2D eigenvalue weighted by Crippen LogP contribution is 2.28. The number of nitrogen functional groups attached to an aromatic ring is 1. The average Bonchev–Trinajstić information content (AvgIpc) is 2.27. The number of carboxylic acids is 1. The van der Waals surface area contributed by atoms with Gasteiger partial charge in [-0.25, -0.2) is 4.79 Å². The lowest BCUT2D eigenvalue weighted by molar-refractivity contribution is 0.0697. The number of methoxy groups -OCH3 is 1. The van der Waals surface area contributed by atoms with Crippen molar-refractivity contribution in [3.63, 3.8) is 0 Å². The molecule has 0 fully saturated rings. The number of hydrogen-bond donors (Lipinski definition) is 2. The summed E-state index contributed by atoms with van der Waals surface area (Å²) in [5.41, 5.74) is 6.50. The molecule has 0 saturated heterocycles. The van der Waals surface area contributed by atoms with Crippen LogP contribution in [-0.2, 0) is 0 Å². The second-order valence-corrected chi connectivity index (χ2v) is 3.46. The van der Waals surface area contributed by atoms with Crippen LogP contribution in [0, 0.1) is 0 Å². The molecule has 0 radical (unpaired) electrons. The molecule has 4 heteroatoms. The summed E-state index contributed by atoms with van der Waals surface area (Å²) < 4.78 is 5.09. The third kappa shape index (κ3) is 1.65. The van der Waals surface area contributed by atoms with Gasteiger partial charge in [0.2, 0.25) is 0 Å². The molecule has 0 amide bonds. The van der Waals surface area contributed by atoms with Crippen molar-refractivity contribution >= 4 is 22.4 Å². The van der Waals surface area contributed by atoms with Crippen molar-refractivity contribution in [3.05, 3.63) is 35.9 Å². The summed E-state index contributed by atoms with van der Waals surface area (Å²) in [5, 5.41) is 10.5. The van der Waals surface area contributed by atoms with Crippen molar-refractivity contribution in [2.75, 3.05) is 12.8 Å². The van der Waals surface area contributed by atoms with E-state index in [2.05, 4.69) is 0 Å². The Morgan fingerprint density at radius 3 is 2.62 bits per heavy atom. The van der Waals surface area contributed by atoms with Crippen molar-refractivity contribution in [3.8, 4) is 5.75 Å². The number of hydrogen-bond acceptors (Lipinski definition) is 3. The zero-order valence-corrected chi connectivity index (χ0v) is 8.73. The summed E-state index contributed by atoms with van der Waals surface area (Å²) in [6.45, 7) is 0. The maximum Gasteiger partial charge on any atom is 0.335 e. The summed E-state index contributed by atoms with van der Waals surface area (Å²) in [6, 6.07) is 8.38. The third-order valence-corrected chi connectivity index (χ3v) is 2.44. The highest BCUT2D eigenvalue weighted by molar-refractivity contribution is 5.96. The minimum atomic E-state index is -0.948. The molecule has 0 unspecified atom stereocenters. The van der Waals surface area contributed by atoms with Gasteiger partial charge in [-0.1, -0.05) is 6.07 Å². The predicted molar refractivity (Wildman–Crippen MR) is 61.9 cm³/mol. The minimum Gasteiger partial charge on any atom is -0.495 e. The highest BCUT2D eigenvalue weighted by Gasteiger charge is 2.06. The summed E-state index contributed by atoms with van der Waals surface area (Å²) in [7, 11) is 1.54. The summed E-state index contributed by atoms with van der Waals surface area (Å²) in [5.74, 6) is -0.355. The van der Waals surface area contributed by atoms with Gasteiger partial charge < -0.3 is 15.6 Å². The maximum absolute atomic E-state index is 10.8. The van der Waals surface area contributed by atoms with Crippen LogP contribution in [0.25, 0.3) is 10.8 Å². The lowest BCUT2D eigenvalue weighted by Crippen LogP contribution is -1.96. The lowest BCUT2D eigenvalue weighted by Gasteiger charge is -2.07. The van der Waals surface area contributed by atoms with Crippen LogP contribution < -0.4 is 10.5 Å². The Bertz CT molecular complexity index is 563. The van der Waals surface area contributed by atoms with Gasteiger partial charge in [-0.2, -0.15) is 0 Å². The number of carbonyl (C=O) groups is 1. The van der Waals surface area contributed by atoms with Gasteiger partial charge >= 0.3 is 5.97 Å². The molecule has 16 heavy (non-hydrogen) atoms. The second kappa shape index (κ2) is 3.73. The molecule has 0 spiro atoms. The van der Waals surface area contributed by atoms with Gasteiger partial charge in [0.15, 0.2) is 0 Å². The molecule has 3 N–H and O–H groups in total. The van der Waals surface area contributed by atoms with Crippen LogP contribution in [0.2, 0.25) is 0 Å². The highest BCUT2D eigenvalue weighted by atomic mass is 16.5. The van der Waals surface area contributed by atoms with E-state index in [0.717, 1.165) is 10.8 Å². The van der Waals surface area contributed by atoms with E-state index in [4.69, 9.17) is 15.6 Å². The monoisotopic (exact) mass is 217 g/mol. The topological polar surface area (TPSA) is 72.5 Å². The van der Waals surface area contributed by atoms with Crippen LogP contribution in [-0.4, -0.2) is 18.2 Å². The smallest absolute Gasteiger partial charge is 0.335 e. The SMILES string of the molecule is COc1cc2ccc(C(=O)O)cc2cc1N. The standard InChI is InChI=1S/C12H11NO3/c1-16-11-6-7-2-3-8(12(14)15)4-9(7)5-10(11)13/h2-6H,13H2,1H3,(H,14,15). The van der Waals surface area contributed by atoms with Crippen LogP contribution in [0.5, 0.6) is 5.75 Å². The number of ether oxygens (including phenoxy) is 1. The molecule has 2 aromatic carbocycles. The summed E-state index contributed by atoms with van der Waals surface area (Å²) >= 11 is 0. The minimum absolute atomic E-state index is 0.247. The van der Waals surface area contributed by atoms with E-state index in [0.29, 0.717) is 11.4 Å². The molecule has 0 aromatic heterocycles. The molecule has 0 saturated carbocycles. The average molecular weight is 217 g/mol. The first-order chi connectivity index (χ1) is 7.61. The van der Waals surface area contributed by atoms with Crippen molar-refractivity contribution in [1.29, 1.82) is 0 Å². The molecule has 0 aliphatic heterocycles. The quantitative estimate of drug-likeness (QED) is 0.756. The normalized spacial score (nSPS) is 10.3. The van der Waals surface area contributed by atoms with Crippen LogP contribution in [0.4, 0.5) is 5.69 Å². The largest absolute Gasteiger partial charge is 0.495 e. The van der Waals surface area contributed by atoms with E-state index >= 15 is 0 Å². The van der Waals surface area contributed by atoms with Gasteiger partial charge in [0.25, 0.3) is 0 Å². The molecule has 2 aromatic rings. The van der Waals surface area contributed by atoms with Crippen molar-refractivity contribution in [1.82, 2.24) is 0 Å². The first-order valence-corrected chi connectivity index (χ1v) is 4.72. The Kier molecular flexibility index (Phi) is 2.40. The van der Waals surface area contributed by atoms with E-state index < -0.39 is 5.97 Å². The van der Waals surface area contributed by atoms with Crippen LogP contribution in [0.1, 0.15) is 10.4 Å². The zero-order valence-electron chi connectivity index (χ0n) is 8.73. The second-order valence-electron chi connectivity index (χ2n) is 3.46. The van der Waals surface area contributed by atoms with Crippen molar-refractivity contribution in [2.45, 2.75) is 0 Å². The third-order valence-electron chi connectivity index (χ3n) is 2.44. The Balaban J connectivity index is 2.66. The van der Waals surface area contributed by atoms with Gasteiger partial charge in [-0.3, -0.25) is 0 Å². The Hall–Kier alpha value is -2.23. The molecular formula is C12H11NO3. The van der Waals surface area contributed by atoms with E-state index in [9.17, 15) is 4.79 Å². The molecule has 82 valence electrons. The molecule has 0 atom stereocenters. The molecular weight excluding hydrogens is 206 g/mol. The fourth-order valence-corrected chi connectivity index (χ4v) is 1.60. The Labute approximate surface area is 92.3 Å². The Morgan fingerprint density at radius 2 is 2.00 bits per heavy atom. The summed E-state index contributed by atoms with van der Waals surface area (Å²) in [4.78, 5) is 10.8. The zero-order chi connectivity index (χ0) is 11.7. The molecule has 4 nitrogen and oxygen atoms in total. The fraction of sp³-hybridized carbons (Fsp3) is 0.0833. The number of carboxylic acid groups (broad SMARTS) is 1. The van der Waals surface area contributed by atoms with E-state index in [-0.39, 0.29) is 5.56 Å². The van der Waals surface area contributed by atoms with Gasteiger partial charge in [0.05, 0.1) is 18.4 Å². The number of fused-ring (bicyclic) bond motifs is 1. The number of aromatic carboxylic acids is 1. The van der Waals surface area contributed by atoms with Gasteiger partial charge in [0, 0.05) is 0 Å². The van der Waals surface area contributed by atoms with Crippen molar-refractivity contribution in [2.24, 2.45) is 0 Å². The fourth-order valence-electron chi connectivity index (χ4n) is 1.60. The van der Waals surface area contributed by atoms with Crippen LogP contribution in [0.3, 0.4) is 0 Å². The van der Waals surface area contributed by atoms with E-state index in [1.807, 2.05) is 0 Å². The molecule has 0 aliphatic rings. The number of anilines is 1. The van der Waals surface area contributed by atoms with Crippen molar-refractivity contribution < 1.29 is 14.6 Å². The summed E-state index contributed by atoms with van der Waals surface area (Å²) in [6.07, 6.45) is 0. The van der Waals surface area contributed by atoms with E-state index in [1.54, 1.807) is 37.4 Å². The van der Waals surface area contributed by atoms with Gasteiger partial charge in [-0.05, 0) is 35.0 Å². The molecule has 2 rings (SSSR count). The number of nitrogens with two attached hydrogens (primary N) is 1. The predicted octanol–water partition coefficient (Wildman–Crippen LogP) is 2.13. The first kappa shape index (κ1) is 10.3. The molecule has 0 heterocycles. The van der Waals surface area contributed by atoms with Crippen LogP contribution in [0.15, 0.2) is 30.3 Å². The van der Waals surface area contributed by atoms with E-state index in [1.165, 1.54) is 0 Å². The molecule has 0 aliphatic carbocycles. The first-order valence-electron chi connectivity index (χ1n) is 4.72. The lowest BCUT2D eigenvalue weighted by atomic mass is 10.1. The van der Waals surface area contributed by atoms with Gasteiger partial charge in [-0.15, -0.1) is 0 Å². The molecule has 0 bridgehead atoms. The number of rotatable bonds is 2. The van der Waals surface area contributed by atoms with Crippen LogP contribution >= 0.6 is 0 Å². The Morgan fingerprint density at radius 1 is 1.25 bits per heavy atom. The maximum atomic E-state index is 10.8. The number of benzene rings is 2. The van der Waals surface area contributed by atoms with Gasteiger partial charge in [0.1, 0.15) is 5.75 Å².